The van der Waals surface area contributed by atoms with Crippen LogP contribution in [0.2, 0.25) is 0 Å². The van der Waals surface area contributed by atoms with Gasteiger partial charge in [0.05, 0.1) is 0 Å². The first-order chi connectivity index (χ1) is 10.4. The summed E-state index contributed by atoms with van der Waals surface area (Å²) in [5, 5.41) is 12.2. The number of nitrogens with one attached hydrogen (secondary N) is 1. The second-order valence-corrected chi connectivity index (χ2v) is 4.38. The maximum atomic E-state index is 9.15. The molecule has 21 heavy (non-hydrogen) atoms. The summed E-state index contributed by atoms with van der Waals surface area (Å²) in [5.74, 6) is 0.817. The molecule has 0 radical (unpaired) electrons. The van der Waals surface area contributed by atoms with E-state index in [0.717, 1.165) is 11.1 Å². The maximum absolute atomic E-state index is 9.15. The van der Waals surface area contributed by atoms with Crippen molar-refractivity contribution in [3.8, 4) is 17.5 Å². The highest BCUT2D eigenvalue weighted by atomic mass is 16.4. The molecule has 1 aromatic carbocycles. The molecule has 0 aliphatic heterocycles. The van der Waals surface area contributed by atoms with E-state index in [0.29, 0.717) is 18.3 Å². The molecule has 0 atom stereocenters. The third kappa shape index (κ3) is 2.90. The largest absolute Gasteiger partial charge is 0.419 e. The molecule has 2 aromatic heterocycles. The SMILES string of the molecule is N#Cc1nc(-c2ccccc2)oc1NCc1ccncc1. The van der Waals surface area contributed by atoms with Crippen LogP contribution in [-0.4, -0.2) is 9.97 Å². The molecule has 2 heterocycles. The fourth-order valence-corrected chi connectivity index (χ4v) is 1.90. The molecule has 5 nitrogen and oxygen atoms in total. The van der Waals surface area contributed by atoms with Crippen LogP contribution in [0.1, 0.15) is 11.3 Å². The third-order valence-electron chi connectivity index (χ3n) is 2.96. The van der Waals surface area contributed by atoms with E-state index in [1.807, 2.05) is 48.5 Å². The van der Waals surface area contributed by atoms with Crippen LogP contribution in [0.15, 0.2) is 59.3 Å². The summed E-state index contributed by atoms with van der Waals surface area (Å²) in [6.07, 6.45) is 3.44. The van der Waals surface area contributed by atoms with Gasteiger partial charge in [0.15, 0.2) is 0 Å². The first kappa shape index (κ1) is 12.9. The predicted octanol–water partition coefficient (Wildman–Crippen LogP) is 3.22. The molecule has 5 heteroatoms. The van der Waals surface area contributed by atoms with Crippen molar-refractivity contribution in [1.82, 2.24) is 9.97 Å². The molecular weight excluding hydrogens is 264 g/mol. The Morgan fingerprint density at radius 1 is 1.10 bits per heavy atom. The zero-order valence-corrected chi connectivity index (χ0v) is 11.2. The molecule has 0 spiro atoms. The van der Waals surface area contributed by atoms with Gasteiger partial charge in [-0.05, 0) is 29.8 Å². The van der Waals surface area contributed by atoms with Gasteiger partial charge in [0, 0.05) is 24.5 Å². The Labute approximate surface area is 121 Å². The Hall–Kier alpha value is -3.13. The normalized spacial score (nSPS) is 10.0. The van der Waals surface area contributed by atoms with Crippen molar-refractivity contribution >= 4 is 5.88 Å². The quantitative estimate of drug-likeness (QED) is 0.791. The molecule has 3 rings (SSSR count). The molecule has 1 N–H and O–H groups in total. The van der Waals surface area contributed by atoms with E-state index in [2.05, 4.69) is 15.3 Å². The minimum atomic E-state index is 0.253. The van der Waals surface area contributed by atoms with E-state index in [9.17, 15) is 0 Å². The third-order valence-corrected chi connectivity index (χ3v) is 2.96. The summed E-state index contributed by atoms with van der Waals surface area (Å²) >= 11 is 0. The zero-order valence-electron chi connectivity index (χ0n) is 11.2. The molecule has 3 aromatic rings. The fourth-order valence-electron chi connectivity index (χ4n) is 1.90. The second-order valence-electron chi connectivity index (χ2n) is 4.38. The van der Waals surface area contributed by atoms with Crippen LogP contribution in [0.3, 0.4) is 0 Å². The lowest BCUT2D eigenvalue weighted by Crippen LogP contribution is -1.99. The van der Waals surface area contributed by atoms with E-state index in [1.54, 1.807) is 12.4 Å². The van der Waals surface area contributed by atoms with Gasteiger partial charge in [0.25, 0.3) is 0 Å². The highest BCUT2D eigenvalue weighted by Gasteiger charge is 2.13. The molecule has 0 unspecified atom stereocenters. The van der Waals surface area contributed by atoms with Gasteiger partial charge in [-0.2, -0.15) is 10.2 Å². The second kappa shape index (κ2) is 5.88. The Bertz CT molecular complexity index is 760. The van der Waals surface area contributed by atoms with Gasteiger partial charge >= 0.3 is 0 Å². The molecule has 0 saturated carbocycles. The van der Waals surface area contributed by atoms with Crippen LogP contribution >= 0.6 is 0 Å². The number of anilines is 1. The van der Waals surface area contributed by atoms with Crippen LogP contribution in [0, 0.1) is 11.3 Å². The van der Waals surface area contributed by atoms with Crippen molar-refractivity contribution in [2.45, 2.75) is 6.54 Å². The zero-order chi connectivity index (χ0) is 14.5. The Kier molecular flexibility index (Phi) is 3.61. The highest BCUT2D eigenvalue weighted by molar-refractivity contribution is 5.58. The first-order valence-corrected chi connectivity index (χ1v) is 6.46. The Morgan fingerprint density at radius 3 is 2.57 bits per heavy atom. The Morgan fingerprint density at radius 2 is 1.86 bits per heavy atom. The molecule has 0 amide bonds. The predicted molar refractivity (Wildman–Crippen MR) is 78.2 cm³/mol. The monoisotopic (exact) mass is 276 g/mol. The van der Waals surface area contributed by atoms with E-state index in [-0.39, 0.29) is 5.69 Å². The lowest BCUT2D eigenvalue weighted by atomic mass is 10.2. The van der Waals surface area contributed by atoms with Gasteiger partial charge < -0.3 is 9.73 Å². The summed E-state index contributed by atoms with van der Waals surface area (Å²) in [4.78, 5) is 8.17. The number of oxazole rings is 1. The van der Waals surface area contributed by atoms with E-state index in [4.69, 9.17) is 9.68 Å². The molecule has 102 valence electrons. The number of benzene rings is 1. The number of rotatable bonds is 4. The molecule has 0 fully saturated rings. The van der Waals surface area contributed by atoms with Gasteiger partial charge in [-0.15, -0.1) is 0 Å². The lowest BCUT2D eigenvalue weighted by molar-refractivity contribution is 0.585. The average Bonchev–Trinajstić information content (AvgIpc) is 2.98. The minimum Gasteiger partial charge on any atom is -0.419 e. The Balaban J connectivity index is 1.82. The number of hydrogen-bond donors (Lipinski definition) is 1. The van der Waals surface area contributed by atoms with Gasteiger partial charge in [0.2, 0.25) is 17.5 Å². The maximum Gasteiger partial charge on any atom is 0.232 e. The van der Waals surface area contributed by atoms with Crippen LogP contribution in [-0.2, 0) is 6.54 Å². The molecule has 0 aliphatic carbocycles. The topological polar surface area (TPSA) is 74.7 Å². The van der Waals surface area contributed by atoms with Crippen molar-refractivity contribution in [1.29, 1.82) is 5.26 Å². The summed E-state index contributed by atoms with van der Waals surface area (Å²) in [7, 11) is 0. The minimum absolute atomic E-state index is 0.253. The first-order valence-electron chi connectivity index (χ1n) is 6.46. The standard InChI is InChI=1S/C16H12N4O/c17-10-14-16(19-11-12-6-8-18-9-7-12)21-15(20-14)13-4-2-1-3-5-13/h1-9,19H,11H2. The molecular formula is C16H12N4O. The number of nitriles is 1. The summed E-state index contributed by atoms with van der Waals surface area (Å²) in [6, 6.07) is 15.3. The van der Waals surface area contributed by atoms with Crippen LogP contribution in [0.5, 0.6) is 0 Å². The average molecular weight is 276 g/mol. The van der Waals surface area contributed by atoms with E-state index >= 15 is 0 Å². The smallest absolute Gasteiger partial charge is 0.232 e. The van der Waals surface area contributed by atoms with Crippen molar-refractivity contribution < 1.29 is 4.42 Å². The number of aromatic nitrogens is 2. The van der Waals surface area contributed by atoms with Gasteiger partial charge in [0.1, 0.15) is 6.07 Å². The van der Waals surface area contributed by atoms with Crippen molar-refractivity contribution in [3.63, 3.8) is 0 Å². The number of hydrogen-bond acceptors (Lipinski definition) is 5. The molecule has 0 saturated heterocycles. The summed E-state index contributed by atoms with van der Waals surface area (Å²) < 4.78 is 5.65. The summed E-state index contributed by atoms with van der Waals surface area (Å²) in [6.45, 7) is 0.542. The lowest BCUT2D eigenvalue weighted by Gasteiger charge is -2.02. The van der Waals surface area contributed by atoms with Crippen LogP contribution in [0.25, 0.3) is 11.5 Å². The van der Waals surface area contributed by atoms with Gasteiger partial charge in [-0.25, -0.2) is 0 Å². The molecule has 0 bridgehead atoms. The van der Waals surface area contributed by atoms with Crippen LogP contribution < -0.4 is 5.32 Å². The highest BCUT2D eigenvalue weighted by Crippen LogP contribution is 2.25. The van der Waals surface area contributed by atoms with Crippen molar-refractivity contribution in [2.75, 3.05) is 5.32 Å². The van der Waals surface area contributed by atoms with E-state index < -0.39 is 0 Å². The molecule has 0 aliphatic rings. The van der Waals surface area contributed by atoms with E-state index in [1.165, 1.54) is 0 Å². The van der Waals surface area contributed by atoms with Crippen molar-refractivity contribution in [2.24, 2.45) is 0 Å². The number of nitrogens with zero attached hydrogens (tertiary/aromatic N) is 3. The van der Waals surface area contributed by atoms with Gasteiger partial charge in [-0.3, -0.25) is 4.98 Å². The fraction of sp³-hybridized carbons (Fsp3) is 0.0625. The number of pyridine rings is 1. The summed E-state index contributed by atoms with van der Waals surface area (Å²) in [5.41, 5.74) is 2.14. The van der Waals surface area contributed by atoms with Crippen molar-refractivity contribution in [3.05, 3.63) is 66.1 Å². The van der Waals surface area contributed by atoms with Gasteiger partial charge in [-0.1, -0.05) is 18.2 Å². The van der Waals surface area contributed by atoms with Crippen LogP contribution in [0.4, 0.5) is 5.88 Å².